The predicted molar refractivity (Wildman–Crippen MR) is 73.4 cm³/mol. The summed E-state index contributed by atoms with van der Waals surface area (Å²) >= 11 is 3.30. The Bertz CT molecular complexity index is 433. The Hall–Kier alpha value is -0.980. The summed E-state index contributed by atoms with van der Waals surface area (Å²) in [4.78, 5) is 10.5. The molecule has 0 aromatic heterocycles. The van der Waals surface area contributed by atoms with Crippen LogP contribution in [0.3, 0.4) is 0 Å². The maximum absolute atomic E-state index is 10.9. The van der Waals surface area contributed by atoms with Crippen LogP contribution in [0.15, 0.2) is 22.7 Å². The molecule has 6 heteroatoms. The zero-order valence-electron chi connectivity index (χ0n) is 10.4. The highest BCUT2D eigenvalue weighted by atomic mass is 79.9. The Morgan fingerprint density at radius 3 is 2.72 bits per heavy atom. The smallest absolute Gasteiger partial charge is 0.273 e. The summed E-state index contributed by atoms with van der Waals surface area (Å²) in [5.74, 6) is 0. The van der Waals surface area contributed by atoms with Gasteiger partial charge in [-0.2, -0.15) is 0 Å². The molecule has 0 radical (unpaired) electrons. The quantitative estimate of drug-likeness (QED) is 0.625. The number of aliphatic hydroxyl groups excluding tert-OH is 1. The summed E-state index contributed by atoms with van der Waals surface area (Å²) < 4.78 is 0.798. The van der Waals surface area contributed by atoms with Gasteiger partial charge in [-0.15, -0.1) is 0 Å². The molecule has 0 saturated carbocycles. The minimum absolute atomic E-state index is 0.00863. The van der Waals surface area contributed by atoms with Crippen LogP contribution in [0.5, 0.6) is 0 Å². The summed E-state index contributed by atoms with van der Waals surface area (Å²) in [5, 5.41) is 23.4. The van der Waals surface area contributed by atoms with E-state index in [1.54, 1.807) is 12.1 Å². The van der Waals surface area contributed by atoms with Gasteiger partial charge in [0.2, 0.25) is 0 Å². The second-order valence-electron chi connectivity index (χ2n) is 4.46. The average Bonchev–Trinajstić information content (AvgIpc) is 2.35. The number of nitro groups is 1. The van der Waals surface area contributed by atoms with Gasteiger partial charge in [-0.3, -0.25) is 10.1 Å². The van der Waals surface area contributed by atoms with Crippen molar-refractivity contribution in [2.75, 3.05) is 6.61 Å². The van der Waals surface area contributed by atoms with Gasteiger partial charge in [0.25, 0.3) is 5.69 Å². The van der Waals surface area contributed by atoms with E-state index in [1.165, 1.54) is 6.07 Å². The Labute approximate surface area is 114 Å². The van der Waals surface area contributed by atoms with Crippen LogP contribution in [0.25, 0.3) is 0 Å². The topological polar surface area (TPSA) is 75.4 Å². The number of nitrogens with one attached hydrogen (secondary N) is 1. The number of nitrogens with zero attached hydrogens (tertiary/aromatic N) is 1. The number of aliphatic hydroxyl groups is 1. The fourth-order valence-electron chi connectivity index (χ4n) is 1.48. The Morgan fingerprint density at radius 2 is 2.22 bits per heavy atom. The molecular weight excluding hydrogens is 300 g/mol. The molecular formula is C12H17BrN2O3. The third kappa shape index (κ3) is 3.76. The van der Waals surface area contributed by atoms with Gasteiger partial charge in [0, 0.05) is 28.2 Å². The van der Waals surface area contributed by atoms with Gasteiger partial charge >= 0.3 is 0 Å². The number of halogens is 1. The molecule has 100 valence electrons. The van der Waals surface area contributed by atoms with Crippen LogP contribution in [-0.2, 0) is 6.54 Å². The van der Waals surface area contributed by atoms with E-state index in [-0.39, 0.29) is 12.3 Å². The van der Waals surface area contributed by atoms with Crippen LogP contribution in [0.4, 0.5) is 5.69 Å². The van der Waals surface area contributed by atoms with Crippen LogP contribution in [0.2, 0.25) is 0 Å². The van der Waals surface area contributed by atoms with E-state index in [4.69, 9.17) is 0 Å². The maximum Gasteiger partial charge on any atom is 0.273 e. The third-order valence-corrected chi connectivity index (χ3v) is 3.57. The van der Waals surface area contributed by atoms with Gasteiger partial charge in [-0.1, -0.05) is 22.9 Å². The van der Waals surface area contributed by atoms with Crippen LogP contribution >= 0.6 is 15.9 Å². The van der Waals surface area contributed by atoms with Crippen molar-refractivity contribution in [1.29, 1.82) is 0 Å². The first-order valence-electron chi connectivity index (χ1n) is 5.70. The average molecular weight is 317 g/mol. The molecule has 0 bridgehead atoms. The van der Waals surface area contributed by atoms with Crippen molar-refractivity contribution in [3.63, 3.8) is 0 Å². The second kappa shape index (κ2) is 6.26. The van der Waals surface area contributed by atoms with Crippen LogP contribution in [0, 0.1) is 10.1 Å². The van der Waals surface area contributed by atoms with Crippen molar-refractivity contribution in [3.8, 4) is 0 Å². The molecule has 0 aliphatic heterocycles. The summed E-state index contributed by atoms with van der Waals surface area (Å²) in [5.41, 5.74) is 0.264. The molecule has 5 nitrogen and oxygen atoms in total. The monoisotopic (exact) mass is 316 g/mol. The molecule has 1 unspecified atom stereocenters. The van der Waals surface area contributed by atoms with E-state index in [0.717, 1.165) is 10.9 Å². The molecule has 1 atom stereocenters. The first-order valence-corrected chi connectivity index (χ1v) is 6.50. The van der Waals surface area contributed by atoms with Crippen LogP contribution in [-0.4, -0.2) is 22.2 Å². The number of benzene rings is 1. The highest BCUT2D eigenvalue weighted by molar-refractivity contribution is 9.10. The fraction of sp³-hybridized carbons (Fsp3) is 0.500. The predicted octanol–water partition coefficient (Wildman–Crippen LogP) is 2.61. The Kier molecular flexibility index (Phi) is 5.25. The fourth-order valence-corrected chi connectivity index (χ4v) is 1.88. The second-order valence-corrected chi connectivity index (χ2v) is 5.37. The van der Waals surface area contributed by atoms with Gasteiger partial charge in [0.1, 0.15) is 0 Å². The lowest BCUT2D eigenvalue weighted by Crippen LogP contribution is -2.44. The highest BCUT2D eigenvalue weighted by Gasteiger charge is 2.22. The Balaban J connectivity index is 2.90. The van der Waals surface area contributed by atoms with E-state index >= 15 is 0 Å². The van der Waals surface area contributed by atoms with E-state index in [2.05, 4.69) is 21.2 Å². The summed E-state index contributed by atoms with van der Waals surface area (Å²) in [6, 6.07) is 4.84. The van der Waals surface area contributed by atoms with E-state index in [0.29, 0.717) is 12.1 Å². The van der Waals surface area contributed by atoms with Gasteiger partial charge in [-0.25, -0.2) is 0 Å². The van der Waals surface area contributed by atoms with E-state index in [9.17, 15) is 15.2 Å². The molecule has 0 heterocycles. The molecule has 0 aliphatic rings. The molecule has 0 saturated heterocycles. The lowest BCUT2D eigenvalue weighted by Gasteiger charge is -2.27. The van der Waals surface area contributed by atoms with Gasteiger partial charge in [0.05, 0.1) is 11.5 Å². The number of rotatable bonds is 6. The van der Waals surface area contributed by atoms with Crippen molar-refractivity contribution >= 4 is 21.6 Å². The van der Waals surface area contributed by atoms with Crippen molar-refractivity contribution in [3.05, 3.63) is 38.3 Å². The van der Waals surface area contributed by atoms with Crippen LogP contribution in [0.1, 0.15) is 25.8 Å². The lowest BCUT2D eigenvalue weighted by molar-refractivity contribution is -0.385. The molecule has 0 amide bonds. The SMILES string of the molecule is CCC(C)(CO)NCc1cc(Br)ccc1[N+](=O)[O-]. The van der Waals surface area contributed by atoms with Crippen molar-refractivity contribution < 1.29 is 10.0 Å². The standard InChI is InChI=1S/C12H17BrN2O3/c1-3-12(2,8-16)14-7-9-6-10(13)4-5-11(9)15(17)18/h4-6,14,16H,3,7-8H2,1-2H3. The zero-order valence-corrected chi connectivity index (χ0v) is 12.0. The van der Waals surface area contributed by atoms with Crippen LogP contribution < -0.4 is 5.32 Å². The van der Waals surface area contributed by atoms with Gasteiger partial charge in [0.15, 0.2) is 0 Å². The summed E-state index contributed by atoms with van der Waals surface area (Å²) in [6.07, 6.45) is 0.741. The lowest BCUT2D eigenvalue weighted by atomic mass is 9.99. The number of hydrogen-bond donors (Lipinski definition) is 2. The molecule has 1 aromatic carbocycles. The van der Waals surface area contributed by atoms with Gasteiger partial charge < -0.3 is 10.4 Å². The highest BCUT2D eigenvalue weighted by Crippen LogP contribution is 2.23. The molecule has 1 rings (SSSR count). The summed E-state index contributed by atoms with van der Waals surface area (Å²) in [6.45, 7) is 4.18. The number of hydrogen-bond acceptors (Lipinski definition) is 4. The molecule has 1 aromatic rings. The minimum Gasteiger partial charge on any atom is -0.394 e. The maximum atomic E-state index is 10.9. The van der Waals surface area contributed by atoms with E-state index in [1.807, 2.05) is 13.8 Å². The number of nitro benzene ring substituents is 1. The molecule has 0 aliphatic carbocycles. The molecule has 0 spiro atoms. The molecule has 18 heavy (non-hydrogen) atoms. The normalized spacial score (nSPS) is 14.2. The third-order valence-electron chi connectivity index (χ3n) is 3.07. The first kappa shape index (κ1) is 15.1. The van der Waals surface area contributed by atoms with Crippen molar-refractivity contribution in [2.24, 2.45) is 0 Å². The summed E-state index contributed by atoms with van der Waals surface area (Å²) in [7, 11) is 0. The minimum atomic E-state index is -0.420. The van der Waals surface area contributed by atoms with Crippen molar-refractivity contribution in [1.82, 2.24) is 5.32 Å². The van der Waals surface area contributed by atoms with E-state index < -0.39 is 10.5 Å². The first-order chi connectivity index (χ1) is 8.41. The molecule has 0 fully saturated rings. The largest absolute Gasteiger partial charge is 0.394 e. The van der Waals surface area contributed by atoms with Crippen molar-refractivity contribution in [2.45, 2.75) is 32.4 Å². The van der Waals surface area contributed by atoms with Gasteiger partial charge in [-0.05, 0) is 25.5 Å². The zero-order chi connectivity index (χ0) is 13.8. The Morgan fingerprint density at radius 1 is 1.56 bits per heavy atom. The molecule has 2 N–H and O–H groups in total.